The summed E-state index contributed by atoms with van der Waals surface area (Å²) < 4.78 is 1.69. The summed E-state index contributed by atoms with van der Waals surface area (Å²) in [7, 11) is 0. The Morgan fingerprint density at radius 2 is 1.90 bits per heavy atom. The molecule has 2 amide bonds. The van der Waals surface area contributed by atoms with E-state index in [0.717, 1.165) is 43.7 Å². The number of nitrogens with one attached hydrogen (secondary N) is 1. The molecule has 39 heavy (non-hydrogen) atoms. The summed E-state index contributed by atoms with van der Waals surface area (Å²) in [5, 5.41) is 4.11. The Balaban J connectivity index is 1.28. The van der Waals surface area contributed by atoms with Crippen molar-refractivity contribution in [3.8, 4) is 0 Å². The Morgan fingerprint density at radius 1 is 1.13 bits per heavy atom. The number of carbonyl (C=O) groups excluding carboxylic acids is 2. The summed E-state index contributed by atoms with van der Waals surface area (Å²) in [6.07, 6.45) is 3.85. The first kappa shape index (κ1) is 26.6. The second kappa shape index (κ2) is 11.4. The van der Waals surface area contributed by atoms with Gasteiger partial charge in [0, 0.05) is 82.1 Å². The molecule has 0 bridgehead atoms. The third-order valence-electron chi connectivity index (χ3n) is 7.86. The van der Waals surface area contributed by atoms with Crippen LogP contribution in [0.25, 0.3) is 11.0 Å². The number of aryl methyl sites for hydroxylation is 1. The van der Waals surface area contributed by atoms with E-state index < -0.39 is 0 Å². The second-order valence-corrected chi connectivity index (χ2v) is 10.4. The SMILES string of the molecule is C=CC(=O)N1CC(CCn2c(=O)ccc3cnc(Nc4cccc(C(C)N5CCN(C(C)=O)CC5)c4)nc32)C1. The van der Waals surface area contributed by atoms with Crippen molar-refractivity contribution in [2.45, 2.75) is 32.9 Å². The van der Waals surface area contributed by atoms with E-state index in [1.165, 1.54) is 11.6 Å². The standard InChI is InChI=1S/C29H35N7O3/c1-4-26(38)35-18-22(19-35)10-11-36-27(39)9-8-24-17-30-29(32-28(24)36)31-25-7-5-6-23(16-25)20(2)33-12-14-34(15-13-33)21(3)37/h4-9,16-17,20,22H,1,10-15,18-19H2,2-3H3,(H,30,31,32). The predicted octanol–water partition coefficient (Wildman–Crippen LogP) is 2.79. The lowest BCUT2D eigenvalue weighted by Crippen LogP contribution is -2.49. The van der Waals surface area contributed by atoms with Crippen molar-refractivity contribution in [3.05, 3.63) is 71.2 Å². The van der Waals surface area contributed by atoms with Crippen molar-refractivity contribution in [3.63, 3.8) is 0 Å². The second-order valence-electron chi connectivity index (χ2n) is 10.4. The van der Waals surface area contributed by atoms with Gasteiger partial charge in [0.1, 0.15) is 5.65 Å². The van der Waals surface area contributed by atoms with Crippen LogP contribution in [0.5, 0.6) is 0 Å². The van der Waals surface area contributed by atoms with E-state index in [-0.39, 0.29) is 23.4 Å². The molecule has 5 rings (SSSR count). The first-order valence-electron chi connectivity index (χ1n) is 13.5. The molecule has 1 unspecified atom stereocenters. The van der Waals surface area contributed by atoms with Gasteiger partial charge in [-0.2, -0.15) is 4.98 Å². The van der Waals surface area contributed by atoms with E-state index >= 15 is 0 Å². The van der Waals surface area contributed by atoms with Crippen LogP contribution in [0.1, 0.15) is 31.9 Å². The zero-order valence-corrected chi connectivity index (χ0v) is 22.5. The first-order valence-corrected chi connectivity index (χ1v) is 13.5. The van der Waals surface area contributed by atoms with Gasteiger partial charge in [-0.15, -0.1) is 0 Å². The summed E-state index contributed by atoms with van der Waals surface area (Å²) in [6.45, 7) is 12.4. The number of nitrogens with zero attached hydrogens (tertiary/aromatic N) is 6. The van der Waals surface area contributed by atoms with Gasteiger partial charge >= 0.3 is 0 Å². The molecule has 2 fully saturated rings. The maximum Gasteiger partial charge on any atom is 0.252 e. The number of rotatable bonds is 8. The minimum atomic E-state index is -0.105. The Labute approximate surface area is 227 Å². The van der Waals surface area contributed by atoms with Gasteiger partial charge in [-0.3, -0.25) is 23.9 Å². The molecule has 2 aromatic heterocycles. The van der Waals surface area contributed by atoms with E-state index in [0.29, 0.717) is 37.1 Å². The van der Waals surface area contributed by atoms with Crippen molar-refractivity contribution < 1.29 is 9.59 Å². The van der Waals surface area contributed by atoms with E-state index in [1.54, 1.807) is 34.7 Å². The molecule has 10 heteroatoms. The highest BCUT2D eigenvalue weighted by molar-refractivity contribution is 5.87. The predicted molar refractivity (Wildman–Crippen MR) is 151 cm³/mol. The van der Waals surface area contributed by atoms with Gasteiger partial charge in [0.15, 0.2) is 0 Å². The van der Waals surface area contributed by atoms with Crippen LogP contribution in [0.3, 0.4) is 0 Å². The summed E-state index contributed by atoms with van der Waals surface area (Å²) >= 11 is 0. The van der Waals surface area contributed by atoms with Crippen molar-refractivity contribution >= 4 is 34.5 Å². The molecular weight excluding hydrogens is 494 g/mol. The van der Waals surface area contributed by atoms with E-state index in [4.69, 9.17) is 4.98 Å². The maximum absolute atomic E-state index is 12.7. The Hall–Kier alpha value is -4.05. The third-order valence-corrected chi connectivity index (χ3v) is 7.86. The first-order chi connectivity index (χ1) is 18.8. The zero-order chi connectivity index (χ0) is 27.5. The van der Waals surface area contributed by atoms with Crippen LogP contribution in [-0.2, 0) is 16.1 Å². The Kier molecular flexibility index (Phi) is 7.74. The minimum absolute atomic E-state index is 0.0500. The molecular formula is C29H35N7O3. The lowest BCUT2D eigenvalue weighted by molar-refractivity contribution is -0.132. The highest BCUT2D eigenvalue weighted by Gasteiger charge is 2.29. The zero-order valence-electron chi connectivity index (χ0n) is 22.5. The third kappa shape index (κ3) is 5.85. The number of amides is 2. The topological polar surface area (TPSA) is 104 Å². The van der Waals surface area contributed by atoms with Crippen molar-refractivity contribution in [1.82, 2.24) is 29.2 Å². The molecule has 1 atom stereocenters. The van der Waals surface area contributed by atoms with Crippen LogP contribution in [0.15, 0.2) is 60.0 Å². The molecule has 0 radical (unpaired) electrons. The van der Waals surface area contributed by atoms with Crippen LogP contribution in [0.4, 0.5) is 11.6 Å². The fourth-order valence-corrected chi connectivity index (χ4v) is 5.36. The average molecular weight is 530 g/mol. The van der Waals surface area contributed by atoms with Crippen LogP contribution >= 0.6 is 0 Å². The Bertz CT molecular complexity index is 1440. The van der Waals surface area contributed by atoms with Gasteiger partial charge < -0.3 is 15.1 Å². The molecule has 0 aliphatic carbocycles. The molecule has 2 aliphatic rings. The molecule has 0 saturated carbocycles. The highest BCUT2D eigenvalue weighted by Crippen LogP contribution is 2.26. The summed E-state index contributed by atoms with van der Waals surface area (Å²) in [4.78, 5) is 51.4. The van der Waals surface area contributed by atoms with Gasteiger partial charge in [-0.05, 0) is 49.1 Å². The van der Waals surface area contributed by atoms with E-state index in [1.807, 2.05) is 17.0 Å². The van der Waals surface area contributed by atoms with Crippen LogP contribution < -0.4 is 10.9 Å². The normalized spacial score (nSPS) is 17.1. The van der Waals surface area contributed by atoms with Crippen molar-refractivity contribution in [1.29, 1.82) is 0 Å². The van der Waals surface area contributed by atoms with Crippen molar-refractivity contribution in [2.24, 2.45) is 5.92 Å². The molecule has 2 saturated heterocycles. The molecule has 4 heterocycles. The quantitative estimate of drug-likeness (QED) is 0.448. The highest BCUT2D eigenvalue weighted by atomic mass is 16.2. The van der Waals surface area contributed by atoms with Gasteiger partial charge in [0.05, 0.1) is 0 Å². The molecule has 2 aliphatic heterocycles. The minimum Gasteiger partial charge on any atom is -0.340 e. The van der Waals surface area contributed by atoms with Gasteiger partial charge in [-0.1, -0.05) is 18.7 Å². The van der Waals surface area contributed by atoms with Gasteiger partial charge in [0.25, 0.3) is 5.56 Å². The molecule has 10 nitrogen and oxygen atoms in total. The summed E-state index contributed by atoms with van der Waals surface area (Å²) in [5.41, 5.74) is 2.52. The lowest BCUT2D eigenvalue weighted by Gasteiger charge is -2.38. The molecule has 1 N–H and O–H groups in total. The van der Waals surface area contributed by atoms with Crippen LogP contribution in [0.2, 0.25) is 0 Å². The van der Waals surface area contributed by atoms with Crippen molar-refractivity contribution in [2.75, 3.05) is 44.6 Å². The molecule has 3 aromatic rings. The van der Waals surface area contributed by atoms with Crippen LogP contribution in [0, 0.1) is 5.92 Å². The number of fused-ring (bicyclic) bond motifs is 1. The number of pyridine rings is 1. The lowest BCUT2D eigenvalue weighted by atomic mass is 9.96. The van der Waals surface area contributed by atoms with E-state index in [2.05, 4.69) is 40.8 Å². The number of hydrogen-bond acceptors (Lipinski definition) is 7. The number of piperazine rings is 1. The Morgan fingerprint density at radius 3 is 2.62 bits per heavy atom. The number of aromatic nitrogens is 3. The smallest absolute Gasteiger partial charge is 0.252 e. The number of likely N-dealkylation sites (tertiary alicyclic amines) is 1. The summed E-state index contributed by atoms with van der Waals surface area (Å²) in [6, 6.07) is 11.7. The summed E-state index contributed by atoms with van der Waals surface area (Å²) in [5.74, 6) is 0.855. The fourth-order valence-electron chi connectivity index (χ4n) is 5.36. The largest absolute Gasteiger partial charge is 0.340 e. The number of benzene rings is 1. The number of carbonyl (C=O) groups is 2. The molecule has 204 valence electrons. The van der Waals surface area contributed by atoms with E-state index in [9.17, 15) is 14.4 Å². The average Bonchev–Trinajstić information content (AvgIpc) is 2.92. The number of hydrogen-bond donors (Lipinski definition) is 1. The molecule has 0 spiro atoms. The van der Waals surface area contributed by atoms with Crippen LogP contribution in [-0.4, -0.2) is 80.3 Å². The maximum atomic E-state index is 12.7. The van der Waals surface area contributed by atoms with Gasteiger partial charge in [-0.25, -0.2) is 4.98 Å². The molecule has 1 aromatic carbocycles. The monoisotopic (exact) mass is 529 g/mol. The number of anilines is 2. The fraction of sp³-hybridized carbons (Fsp3) is 0.414. The van der Waals surface area contributed by atoms with Gasteiger partial charge in [0.2, 0.25) is 17.8 Å².